The molecule has 0 amide bonds. The van der Waals surface area contributed by atoms with Crippen molar-refractivity contribution in [1.82, 2.24) is 0 Å². The molecule has 0 aliphatic carbocycles. The van der Waals surface area contributed by atoms with Crippen molar-refractivity contribution in [2.75, 3.05) is 4.90 Å². The van der Waals surface area contributed by atoms with Crippen LogP contribution in [0.15, 0.2) is 112 Å². The summed E-state index contributed by atoms with van der Waals surface area (Å²) in [5.74, 6) is -1.05. The largest absolute Gasteiger partial charge is 0.331 e. The number of rotatable bonds is 9. The van der Waals surface area contributed by atoms with E-state index in [1.165, 1.54) is 13.8 Å². The molecule has 4 aromatic carbocycles. The van der Waals surface area contributed by atoms with Gasteiger partial charge in [-0.3, -0.25) is 4.79 Å². The van der Waals surface area contributed by atoms with Gasteiger partial charge < -0.3 is 14.6 Å². The van der Waals surface area contributed by atoms with Gasteiger partial charge in [-0.2, -0.15) is 0 Å². The summed E-state index contributed by atoms with van der Waals surface area (Å²) in [5, 5.41) is 7.74. The predicted octanol–water partition coefficient (Wildman–Crippen LogP) is 7.72. The van der Waals surface area contributed by atoms with Gasteiger partial charge in [-0.1, -0.05) is 50.5 Å². The topological polar surface area (TPSA) is 97.6 Å². The molecule has 0 fully saturated rings. The lowest BCUT2D eigenvalue weighted by Crippen LogP contribution is -2.11. The van der Waals surface area contributed by atoms with E-state index in [1.807, 2.05) is 77.7 Å². The quantitative estimate of drug-likeness (QED) is 0.0817. The van der Waals surface area contributed by atoms with Crippen molar-refractivity contribution in [1.29, 1.82) is 0 Å². The molecule has 0 spiro atoms. The summed E-state index contributed by atoms with van der Waals surface area (Å²) in [5.41, 5.74) is 6.42. The van der Waals surface area contributed by atoms with Crippen LogP contribution in [0, 0.1) is 0 Å². The molecule has 8 nitrogen and oxygen atoms in total. The zero-order valence-corrected chi connectivity index (χ0v) is 25.1. The van der Waals surface area contributed by atoms with Crippen molar-refractivity contribution in [2.24, 2.45) is 10.3 Å². The zero-order valence-electron chi connectivity index (χ0n) is 23.5. The highest BCUT2D eigenvalue weighted by molar-refractivity contribution is 9.10. The highest BCUT2D eigenvalue weighted by atomic mass is 79.9. The normalized spacial score (nSPS) is 11.5. The van der Waals surface area contributed by atoms with Crippen molar-refractivity contribution in [3.05, 3.63) is 124 Å². The third kappa shape index (κ3) is 7.64. The summed E-state index contributed by atoms with van der Waals surface area (Å²) in [6.07, 6.45) is 0. The molecule has 4 aromatic rings. The van der Waals surface area contributed by atoms with Gasteiger partial charge in [-0.15, -0.1) is 0 Å². The maximum atomic E-state index is 13.1. The smallest absolute Gasteiger partial charge is 0.318 e. The lowest BCUT2D eigenvalue weighted by atomic mass is 10.0. The number of nitrogens with zero attached hydrogens (tertiary/aromatic N) is 3. The van der Waals surface area contributed by atoms with Gasteiger partial charge in [-0.05, 0) is 97.8 Å². The number of hydrogen-bond donors (Lipinski definition) is 0. The Bertz CT molecular complexity index is 1570. The van der Waals surface area contributed by atoms with Crippen molar-refractivity contribution in [3.63, 3.8) is 0 Å². The molecule has 0 radical (unpaired) electrons. The molecular weight excluding hydrogens is 598 g/mol. The molecule has 0 aliphatic rings. The summed E-state index contributed by atoms with van der Waals surface area (Å²) >= 11 is 3.40. The minimum atomic E-state index is -0.490. The molecule has 0 unspecified atom stereocenters. The third-order valence-corrected chi connectivity index (χ3v) is 6.73. The number of carbonyl (C=O) groups is 3. The van der Waals surface area contributed by atoms with E-state index in [-0.39, 0.29) is 5.78 Å². The van der Waals surface area contributed by atoms with E-state index in [2.05, 4.69) is 26.2 Å². The monoisotopic (exact) mass is 625 g/mol. The van der Waals surface area contributed by atoms with Gasteiger partial charge in [0.15, 0.2) is 5.78 Å². The molecule has 0 aliphatic heterocycles. The average molecular weight is 627 g/mol. The van der Waals surface area contributed by atoms with Crippen LogP contribution < -0.4 is 4.90 Å². The standard InChI is InChI=1S/C33H28BrN3O5/c1-21(35-41-23(3)38)25-7-15-30(16-8-25)37(31-17-9-26(10-18-31)22(2)36-42-24(4)39)32-19-11-28(12-20-32)33(40)27-5-13-29(34)14-6-27/h5-20H,1-4H3/b35-21-,36-22?. The number of carbonyl (C=O) groups excluding carboxylic acids is 3. The molecular formula is C33H28BrN3O5. The highest BCUT2D eigenvalue weighted by Crippen LogP contribution is 2.35. The Kier molecular flexibility index (Phi) is 9.77. The van der Waals surface area contributed by atoms with E-state index in [0.717, 1.165) is 32.7 Å². The molecule has 0 N–H and O–H groups in total. The van der Waals surface area contributed by atoms with Gasteiger partial charge in [0.05, 0.1) is 11.4 Å². The minimum Gasteiger partial charge on any atom is -0.318 e. The summed E-state index contributed by atoms with van der Waals surface area (Å²) in [4.78, 5) is 46.9. The van der Waals surface area contributed by atoms with Crippen LogP contribution in [0.25, 0.3) is 0 Å². The summed E-state index contributed by atoms with van der Waals surface area (Å²) in [6.45, 7) is 6.11. The molecule has 0 bridgehead atoms. The van der Waals surface area contributed by atoms with E-state index < -0.39 is 11.9 Å². The number of hydrogen-bond acceptors (Lipinski definition) is 8. The SMILES string of the molecule is CC(=O)ON=C(C)c1ccc(N(c2ccc(C(=O)c3ccc(Br)cc3)cc2)c2ccc(/C(C)=N\OC(C)=O)cc2)cc1. The van der Waals surface area contributed by atoms with Crippen LogP contribution >= 0.6 is 15.9 Å². The molecule has 0 aromatic heterocycles. The van der Waals surface area contributed by atoms with Gasteiger partial charge >= 0.3 is 11.9 Å². The van der Waals surface area contributed by atoms with Crippen LogP contribution in [-0.4, -0.2) is 29.1 Å². The summed E-state index contributed by atoms with van der Waals surface area (Å²) in [7, 11) is 0. The van der Waals surface area contributed by atoms with Crippen LogP contribution in [0.5, 0.6) is 0 Å². The second-order valence-electron chi connectivity index (χ2n) is 9.33. The first kappa shape index (κ1) is 30.1. The van der Waals surface area contributed by atoms with Crippen LogP contribution in [-0.2, 0) is 19.3 Å². The van der Waals surface area contributed by atoms with E-state index in [1.54, 1.807) is 38.1 Å². The number of oxime groups is 2. The van der Waals surface area contributed by atoms with Crippen molar-refractivity contribution >= 4 is 62.1 Å². The fourth-order valence-corrected chi connectivity index (χ4v) is 4.32. The zero-order chi connectivity index (χ0) is 30.2. The minimum absolute atomic E-state index is 0.0700. The summed E-state index contributed by atoms with van der Waals surface area (Å²) < 4.78 is 0.905. The van der Waals surface area contributed by atoms with Gasteiger partial charge in [0.1, 0.15) is 0 Å². The van der Waals surface area contributed by atoms with Crippen molar-refractivity contribution in [3.8, 4) is 0 Å². The third-order valence-electron chi connectivity index (χ3n) is 6.20. The Morgan fingerprint density at radius 1 is 0.524 bits per heavy atom. The highest BCUT2D eigenvalue weighted by Gasteiger charge is 2.16. The maximum absolute atomic E-state index is 13.1. The second kappa shape index (κ2) is 13.6. The first-order valence-corrected chi connectivity index (χ1v) is 13.8. The maximum Gasteiger partial charge on any atom is 0.331 e. The fourth-order valence-electron chi connectivity index (χ4n) is 4.05. The van der Waals surface area contributed by atoms with Crippen LogP contribution in [0.1, 0.15) is 54.7 Å². The lowest BCUT2D eigenvalue weighted by molar-refractivity contribution is -0.141. The molecule has 0 saturated heterocycles. The Labute approximate surface area is 252 Å². The number of benzene rings is 4. The Hall–Kier alpha value is -4.89. The van der Waals surface area contributed by atoms with Crippen LogP contribution in [0.4, 0.5) is 17.1 Å². The molecule has 0 heterocycles. The molecule has 42 heavy (non-hydrogen) atoms. The number of halogens is 1. The number of ketones is 1. The van der Waals surface area contributed by atoms with Gasteiger partial charge in [-0.25, -0.2) is 9.59 Å². The number of anilines is 3. The molecule has 0 saturated carbocycles. The van der Waals surface area contributed by atoms with Gasteiger partial charge in [0.2, 0.25) is 0 Å². The second-order valence-corrected chi connectivity index (χ2v) is 10.2. The first-order chi connectivity index (χ1) is 20.1. The van der Waals surface area contributed by atoms with E-state index in [4.69, 9.17) is 9.68 Å². The van der Waals surface area contributed by atoms with Crippen LogP contribution in [0.3, 0.4) is 0 Å². The van der Waals surface area contributed by atoms with E-state index in [9.17, 15) is 14.4 Å². The Morgan fingerprint density at radius 2 is 0.833 bits per heavy atom. The Balaban J connectivity index is 1.69. The van der Waals surface area contributed by atoms with E-state index >= 15 is 0 Å². The fraction of sp³-hybridized carbons (Fsp3) is 0.121. The Morgan fingerprint density at radius 3 is 1.17 bits per heavy atom. The first-order valence-electron chi connectivity index (χ1n) is 13.0. The predicted molar refractivity (Wildman–Crippen MR) is 167 cm³/mol. The summed E-state index contributed by atoms with van der Waals surface area (Å²) in [6, 6.07) is 30.0. The molecule has 4 rings (SSSR count). The average Bonchev–Trinajstić information content (AvgIpc) is 3.00. The molecule has 9 heteroatoms. The van der Waals surface area contributed by atoms with Crippen molar-refractivity contribution < 1.29 is 24.1 Å². The molecule has 0 atom stereocenters. The van der Waals surface area contributed by atoms with Crippen molar-refractivity contribution in [2.45, 2.75) is 27.7 Å². The van der Waals surface area contributed by atoms with Crippen LogP contribution in [0.2, 0.25) is 0 Å². The van der Waals surface area contributed by atoms with E-state index in [0.29, 0.717) is 22.6 Å². The lowest BCUT2D eigenvalue weighted by Gasteiger charge is -2.26. The van der Waals surface area contributed by atoms with Gasteiger partial charge in [0, 0.05) is 46.5 Å². The van der Waals surface area contributed by atoms with Gasteiger partial charge in [0.25, 0.3) is 0 Å². The molecule has 212 valence electrons.